The minimum Gasteiger partial charge on any atom is -0.481 e. The molecule has 1 atom stereocenters. The van der Waals surface area contributed by atoms with Crippen LogP contribution >= 0.6 is 0 Å². The zero-order chi connectivity index (χ0) is 13.6. The highest BCUT2D eigenvalue weighted by Crippen LogP contribution is 2.29. The number of anilines is 1. The summed E-state index contributed by atoms with van der Waals surface area (Å²) < 4.78 is 0. The largest absolute Gasteiger partial charge is 0.481 e. The highest BCUT2D eigenvalue weighted by atomic mass is 16.4. The van der Waals surface area contributed by atoms with E-state index in [0.29, 0.717) is 19.3 Å². The van der Waals surface area contributed by atoms with Crippen molar-refractivity contribution in [3.05, 3.63) is 29.8 Å². The van der Waals surface area contributed by atoms with Gasteiger partial charge >= 0.3 is 5.97 Å². The SMILES string of the molecule is CCCC(CN)(CCc1ccc(N)cc1)C(=O)O. The zero-order valence-corrected chi connectivity index (χ0v) is 10.9. The number of carboxylic acids is 1. The highest BCUT2D eigenvalue weighted by Gasteiger charge is 2.35. The van der Waals surface area contributed by atoms with E-state index in [4.69, 9.17) is 11.5 Å². The molecule has 0 aliphatic rings. The average molecular weight is 250 g/mol. The van der Waals surface area contributed by atoms with Gasteiger partial charge in [0.1, 0.15) is 0 Å². The van der Waals surface area contributed by atoms with Crippen molar-refractivity contribution < 1.29 is 9.90 Å². The Balaban J connectivity index is 2.72. The first-order chi connectivity index (χ1) is 8.54. The zero-order valence-electron chi connectivity index (χ0n) is 10.9. The van der Waals surface area contributed by atoms with Gasteiger partial charge in [0.15, 0.2) is 0 Å². The van der Waals surface area contributed by atoms with Crippen LogP contribution in [0.2, 0.25) is 0 Å². The molecule has 0 amide bonds. The second-order valence-corrected chi connectivity index (χ2v) is 4.78. The monoisotopic (exact) mass is 250 g/mol. The fourth-order valence-electron chi connectivity index (χ4n) is 2.18. The van der Waals surface area contributed by atoms with Gasteiger partial charge < -0.3 is 16.6 Å². The van der Waals surface area contributed by atoms with Crippen LogP contribution in [0, 0.1) is 5.41 Å². The summed E-state index contributed by atoms with van der Waals surface area (Å²) >= 11 is 0. The Morgan fingerprint density at radius 1 is 1.28 bits per heavy atom. The normalized spacial score (nSPS) is 14.1. The number of carbonyl (C=O) groups is 1. The lowest BCUT2D eigenvalue weighted by Crippen LogP contribution is -2.39. The van der Waals surface area contributed by atoms with Crippen LogP contribution in [0.4, 0.5) is 5.69 Å². The number of aryl methyl sites for hydroxylation is 1. The van der Waals surface area contributed by atoms with E-state index in [1.165, 1.54) is 0 Å². The smallest absolute Gasteiger partial charge is 0.310 e. The first-order valence-electron chi connectivity index (χ1n) is 6.32. The molecule has 1 rings (SSSR count). The Labute approximate surface area is 108 Å². The third-order valence-corrected chi connectivity index (χ3v) is 3.44. The van der Waals surface area contributed by atoms with E-state index in [9.17, 15) is 9.90 Å². The number of hydrogen-bond acceptors (Lipinski definition) is 3. The van der Waals surface area contributed by atoms with Crippen LogP contribution in [-0.4, -0.2) is 17.6 Å². The quantitative estimate of drug-likeness (QED) is 0.646. The highest BCUT2D eigenvalue weighted by molar-refractivity contribution is 5.75. The van der Waals surface area contributed by atoms with Crippen LogP contribution in [0.3, 0.4) is 0 Å². The number of carboxylic acid groups (broad SMARTS) is 1. The molecule has 0 aliphatic carbocycles. The summed E-state index contributed by atoms with van der Waals surface area (Å²) in [5.74, 6) is -0.790. The molecule has 4 nitrogen and oxygen atoms in total. The molecule has 18 heavy (non-hydrogen) atoms. The summed E-state index contributed by atoms with van der Waals surface area (Å²) in [6.45, 7) is 2.17. The summed E-state index contributed by atoms with van der Waals surface area (Å²) in [5.41, 5.74) is 12.3. The second kappa shape index (κ2) is 6.40. The molecule has 0 fully saturated rings. The molecule has 0 saturated heterocycles. The first kappa shape index (κ1) is 14.5. The van der Waals surface area contributed by atoms with Gasteiger partial charge in [-0.2, -0.15) is 0 Å². The van der Waals surface area contributed by atoms with Gasteiger partial charge in [-0.1, -0.05) is 25.5 Å². The Kier molecular flexibility index (Phi) is 5.16. The lowest BCUT2D eigenvalue weighted by Gasteiger charge is -2.27. The molecule has 0 aliphatic heterocycles. The third kappa shape index (κ3) is 3.47. The number of rotatable bonds is 7. The predicted octanol–water partition coefficient (Wildman–Crippen LogP) is 2.03. The minimum absolute atomic E-state index is 0.186. The van der Waals surface area contributed by atoms with Crippen LogP contribution in [0.1, 0.15) is 31.7 Å². The van der Waals surface area contributed by atoms with Crippen molar-refractivity contribution in [2.24, 2.45) is 11.1 Å². The summed E-state index contributed by atoms with van der Waals surface area (Å²) in [7, 11) is 0. The van der Waals surface area contributed by atoms with Crippen molar-refractivity contribution in [1.82, 2.24) is 0 Å². The van der Waals surface area contributed by atoms with Crippen LogP contribution in [-0.2, 0) is 11.2 Å². The van der Waals surface area contributed by atoms with E-state index < -0.39 is 11.4 Å². The van der Waals surface area contributed by atoms with Gasteiger partial charge in [0.05, 0.1) is 5.41 Å². The molecule has 0 bridgehead atoms. The van der Waals surface area contributed by atoms with E-state index in [0.717, 1.165) is 17.7 Å². The predicted molar refractivity (Wildman–Crippen MR) is 73.2 cm³/mol. The van der Waals surface area contributed by atoms with Gasteiger partial charge in [-0.3, -0.25) is 4.79 Å². The fraction of sp³-hybridized carbons (Fsp3) is 0.500. The molecule has 0 aromatic heterocycles. The number of benzene rings is 1. The van der Waals surface area contributed by atoms with Crippen LogP contribution < -0.4 is 11.5 Å². The molecular weight excluding hydrogens is 228 g/mol. The van der Waals surface area contributed by atoms with Gasteiger partial charge in [-0.15, -0.1) is 0 Å². The van der Waals surface area contributed by atoms with E-state index in [1.54, 1.807) is 0 Å². The summed E-state index contributed by atoms with van der Waals surface area (Å²) in [6, 6.07) is 7.54. The number of nitrogens with two attached hydrogens (primary N) is 2. The number of hydrogen-bond donors (Lipinski definition) is 3. The molecule has 1 aromatic rings. The van der Waals surface area contributed by atoms with E-state index in [-0.39, 0.29) is 6.54 Å². The number of aliphatic carboxylic acids is 1. The lowest BCUT2D eigenvalue weighted by molar-refractivity contribution is -0.149. The fourth-order valence-corrected chi connectivity index (χ4v) is 2.18. The van der Waals surface area contributed by atoms with Crippen LogP contribution in [0.25, 0.3) is 0 Å². The summed E-state index contributed by atoms with van der Waals surface area (Å²) in [4.78, 5) is 11.4. The van der Waals surface area contributed by atoms with Crippen LogP contribution in [0.15, 0.2) is 24.3 Å². The Morgan fingerprint density at radius 2 is 1.89 bits per heavy atom. The molecule has 100 valence electrons. The Morgan fingerprint density at radius 3 is 2.33 bits per heavy atom. The Bertz CT molecular complexity index is 389. The van der Waals surface area contributed by atoms with Gasteiger partial charge in [0.25, 0.3) is 0 Å². The topological polar surface area (TPSA) is 89.3 Å². The number of nitrogen functional groups attached to an aromatic ring is 1. The van der Waals surface area contributed by atoms with Crippen molar-refractivity contribution in [3.63, 3.8) is 0 Å². The van der Waals surface area contributed by atoms with Crippen molar-refractivity contribution in [2.75, 3.05) is 12.3 Å². The van der Waals surface area contributed by atoms with E-state index in [2.05, 4.69) is 0 Å². The molecule has 1 aromatic carbocycles. The molecular formula is C14H22N2O2. The molecule has 1 unspecified atom stereocenters. The van der Waals surface area contributed by atoms with Gasteiger partial charge in [0, 0.05) is 12.2 Å². The molecule has 0 radical (unpaired) electrons. The molecule has 0 spiro atoms. The van der Waals surface area contributed by atoms with Gasteiger partial charge in [-0.05, 0) is 37.0 Å². The summed E-state index contributed by atoms with van der Waals surface area (Å²) in [6.07, 6.45) is 2.72. The maximum atomic E-state index is 11.4. The van der Waals surface area contributed by atoms with Gasteiger partial charge in [0.2, 0.25) is 0 Å². The first-order valence-corrected chi connectivity index (χ1v) is 6.32. The average Bonchev–Trinajstić information content (AvgIpc) is 2.36. The standard InChI is InChI=1S/C14H22N2O2/c1-2-8-14(10-15,13(17)18)9-7-11-3-5-12(16)6-4-11/h3-6H,2,7-10,15-16H2,1H3,(H,17,18). The van der Waals surface area contributed by atoms with Crippen molar-refractivity contribution >= 4 is 11.7 Å². The maximum Gasteiger partial charge on any atom is 0.310 e. The second-order valence-electron chi connectivity index (χ2n) is 4.78. The van der Waals surface area contributed by atoms with E-state index >= 15 is 0 Å². The van der Waals surface area contributed by atoms with Crippen molar-refractivity contribution in [3.8, 4) is 0 Å². The Hall–Kier alpha value is -1.55. The maximum absolute atomic E-state index is 11.4. The van der Waals surface area contributed by atoms with Crippen LogP contribution in [0.5, 0.6) is 0 Å². The molecule has 0 saturated carbocycles. The molecule has 5 N–H and O–H groups in total. The van der Waals surface area contributed by atoms with E-state index in [1.807, 2.05) is 31.2 Å². The van der Waals surface area contributed by atoms with Gasteiger partial charge in [-0.25, -0.2) is 0 Å². The van der Waals surface area contributed by atoms with Crippen molar-refractivity contribution in [2.45, 2.75) is 32.6 Å². The molecule has 0 heterocycles. The summed E-state index contributed by atoms with van der Waals surface area (Å²) in [5, 5.41) is 9.38. The third-order valence-electron chi connectivity index (χ3n) is 3.44. The minimum atomic E-state index is -0.795. The molecule has 4 heteroatoms. The van der Waals surface area contributed by atoms with Crippen molar-refractivity contribution in [1.29, 1.82) is 0 Å². The lowest BCUT2D eigenvalue weighted by atomic mass is 9.78.